The van der Waals surface area contributed by atoms with E-state index < -0.39 is 0 Å². The number of carbonyl (C=O) groups excluding carboxylic acids is 1. The van der Waals surface area contributed by atoms with E-state index in [0.717, 1.165) is 9.37 Å². The zero-order valence-corrected chi connectivity index (χ0v) is 11.3. The van der Waals surface area contributed by atoms with E-state index in [-0.39, 0.29) is 18.6 Å². The van der Waals surface area contributed by atoms with Crippen LogP contribution in [-0.2, 0) is 4.79 Å². The molecule has 0 unspecified atom stereocenters. The highest BCUT2D eigenvalue weighted by atomic mass is 79.9. The van der Waals surface area contributed by atoms with E-state index in [0.29, 0.717) is 5.75 Å². The summed E-state index contributed by atoms with van der Waals surface area (Å²) >= 11 is 4.83. The molecule has 3 nitrogen and oxygen atoms in total. The largest absolute Gasteiger partial charge is 0.394 e. The van der Waals surface area contributed by atoms with Gasteiger partial charge in [-0.05, 0) is 31.2 Å². The van der Waals surface area contributed by atoms with E-state index in [9.17, 15) is 4.79 Å². The Morgan fingerprint density at radius 3 is 2.69 bits per heavy atom. The van der Waals surface area contributed by atoms with E-state index in [4.69, 9.17) is 5.11 Å². The van der Waals surface area contributed by atoms with Gasteiger partial charge in [-0.25, -0.2) is 0 Å². The predicted molar refractivity (Wildman–Crippen MR) is 69.6 cm³/mol. The molecule has 1 amide bonds. The number of carbonyl (C=O) groups is 1. The van der Waals surface area contributed by atoms with Crippen molar-refractivity contribution in [3.8, 4) is 0 Å². The first-order valence-corrected chi connectivity index (χ1v) is 6.68. The van der Waals surface area contributed by atoms with Crippen LogP contribution in [0.15, 0.2) is 33.6 Å². The molecule has 0 aliphatic carbocycles. The number of nitrogens with one attached hydrogen (secondary N) is 1. The number of hydrogen-bond donors (Lipinski definition) is 2. The Balaban J connectivity index is 2.34. The Kier molecular flexibility index (Phi) is 5.87. The predicted octanol–water partition coefficient (Wildman–Crippen LogP) is 2.04. The van der Waals surface area contributed by atoms with Crippen molar-refractivity contribution in [1.82, 2.24) is 5.32 Å². The number of amides is 1. The molecule has 0 aliphatic heterocycles. The first-order valence-electron chi connectivity index (χ1n) is 4.90. The maximum Gasteiger partial charge on any atom is 0.230 e. The van der Waals surface area contributed by atoms with Crippen molar-refractivity contribution in [2.45, 2.75) is 17.9 Å². The fourth-order valence-electron chi connectivity index (χ4n) is 1.04. The summed E-state index contributed by atoms with van der Waals surface area (Å²) in [5, 5.41) is 11.5. The lowest BCUT2D eigenvalue weighted by Crippen LogP contribution is -2.36. The zero-order chi connectivity index (χ0) is 12.0. The average molecular weight is 304 g/mol. The first kappa shape index (κ1) is 13.5. The van der Waals surface area contributed by atoms with Crippen LogP contribution in [0.1, 0.15) is 6.92 Å². The lowest BCUT2D eigenvalue weighted by atomic mass is 10.4. The molecule has 0 aromatic heterocycles. The van der Waals surface area contributed by atoms with Crippen molar-refractivity contribution in [1.29, 1.82) is 0 Å². The van der Waals surface area contributed by atoms with Crippen molar-refractivity contribution >= 4 is 33.6 Å². The van der Waals surface area contributed by atoms with E-state index >= 15 is 0 Å². The summed E-state index contributed by atoms with van der Waals surface area (Å²) in [5.41, 5.74) is 0. The van der Waals surface area contributed by atoms with Crippen LogP contribution in [0.5, 0.6) is 0 Å². The van der Waals surface area contributed by atoms with Gasteiger partial charge < -0.3 is 10.4 Å². The molecule has 1 aromatic rings. The highest BCUT2D eigenvalue weighted by Gasteiger charge is 2.06. The third kappa shape index (κ3) is 5.01. The smallest absolute Gasteiger partial charge is 0.230 e. The molecule has 1 rings (SSSR count). The SMILES string of the molecule is C[C@H](CO)NC(=O)CSc1ccc(Br)cc1. The Hall–Kier alpha value is -0.520. The van der Waals surface area contributed by atoms with Crippen LogP contribution in [-0.4, -0.2) is 29.4 Å². The number of hydrogen-bond acceptors (Lipinski definition) is 3. The topological polar surface area (TPSA) is 49.3 Å². The molecule has 0 radical (unpaired) electrons. The van der Waals surface area contributed by atoms with Crippen LogP contribution < -0.4 is 5.32 Å². The van der Waals surface area contributed by atoms with E-state index in [1.165, 1.54) is 11.8 Å². The van der Waals surface area contributed by atoms with Gasteiger partial charge in [0.15, 0.2) is 0 Å². The van der Waals surface area contributed by atoms with Gasteiger partial charge in [0.05, 0.1) is 12.4 Å². The summed E-state index contributed by atoms with van der Waals surface area (Å²) < 4.78 is 1.02. The number of benzene rings is 1. The molecule has 0 saturated carbocycles. The third-order valence-electron chi connectivity index (χ3n) is 1.86. The van der Waals surface area contributed by atoms with E-state index in [2.05, 4.69) is 21.2 Å². The van der Waals surface area contributed by atoms with Crippen molar-refractivity contribution in [3.05, 3.63) is 28.7 Å². The first-order chi connectivity index (χ1) is 7.61. The van der Waals surface area contributed by atoms with Gasteiger partial charge in [-0.2, -0.15) is 0 Å². The standard InChI is InChI=1S/C11H14BrNO2S/c1-8(6-14)13-11(15)7-16-10-4-2-9(12)3-5-10/h2-5,8,14H,6-7H2,1H3,(H,13,15)/t8-/m1/s1. The van der Waals surface area contributed by atoms with Gasteiger partial charge >= 0.3 is 0 Å². The molecule has 0 fully saturated rings. The second-order valence-electron chi connectivity index (χ2n) is 3.39. The highest BCUT2D eigenvalue weighted by molar-refractivity contribution is 9.10. The molecular formula is C11H14BrNO2S. The molecule has 5 heteroatoms. The van der Waals surface area contributed by atoms with E-state index in [1.54, 1.807) is 6.92 Å². The molecular weight excluding hydrogens is 290 g/mol. The minimum absolute atomic E-state index is 0.0330. The molecule has 0 heterocycles. The van der Waals surface area contributed by atoms with Gasteiger partial charge in [0.1, 0.15) is 0 Å². The monoisotopic (exact) mass is 303 g/mol. The minimum Gasteiger partial charge on any atom is -0.394 e. The lowest BCUT2D eigenvalue weighted by Gasteiger charge is -2.10. The maximum atomic E-state index is 11.4. The number of rotatable bonds is 5. The van der Waals surface area contributed by atoms with Gasteiger partial charge in [0.25, 0.3) is 0 Å². The van der Waals surface area contributed by atoms with E-state index in [1.807, 2.05) is 24.3 Å². The lowest BCUT2D eigenvalue weighted by molar-refractivity contribution is -0.119. The Labute approximate surface area is 108 Å². The molecule has 16 heavy (non-hydrogen) atoms. The minimum atomic E-state index is -0.182. The maximum absolute atomic E-state index is 11.4. The normalized spacial score (nSPS) is 12.2. The molecule has 0 spiro atoms. The van der Waals surface area contributed by atoms with Gasteiger partial charge in [-0.1, -0.05) is 15.9 Å². The second-order valence-corrected chi connectivity index (χ2v) is 5.36. The summed E-state index contributed by atoms with van der Waals surface area (Å²) in [6, 6.07) is 7.61. The van der Waals surface area contributed by atoms with Gasteiger partial charge in [-0.3, -0.25) is 4.79 Å². The molecule has 0 saturated heterocycles. The fraction of sp³-hybridized carbons (Fsp3) is 0.364. The Morgan fingerprint density at radius 1 is 1.50 bits per heavy atom. The van der Waals surface area contributed by atoms with Crippen molar-refractivity contribution in [2.24, 2.45) is 0 Å². The Bertz CT molecular complexity index is 342. The molecule has 0 aliphatic rings. The molecule has 1 atom stereocenters. The molecule has 88 valence electrons. The van der Waals surface area contributed by atoms with Crippen LogP contribution in [0.25, 0.3) is 0 Å². The van der Waals surface area contributed by atoms with Crippen LogP contribution in [0.2, 0.25) is 0 Å². The van der Waals surface area contributed by atoms with Crippen LogP contribution in [0.3, 0.4) is 0 Å². The molecule has 0 bridgehead atoms. The zero-order valence-electron chi connectivity index (χ0n) is 8.94. The van der Waals surface area contributed by atoms with Gasteiger partial charge in [0.2, 0.25) is 5.91 Å². The summed E-state index contributed by atoms with van der Waals surface area (Å²) in [5.74, 6) is 0.306. The number of halogens is 1. The van der Waals surface area contributed by atoms with Crippen molar-refractivity contribution in [2.75, 3.05) is 12.4 Å². The van der Waals surface area contributed by atoms with Crippen LogP contribution >= 0.6 is 27.7 Å². The number of thioether (sulfide) groups is 1. The highest BCUT2D eigenvalue weighted by Crippen LogP contribution is 2.20. The average Bonchev–Trinajstić information content (AvgIpc) is 2.28. The number of aliphatic hydroxyl groups excluding tert-OH is 1. The van der Waals surface area contributed by atoms with Gasteiger partial charge in [-0.15, -0.1) is 11.8 Å². The quantitative estimate of drug-likeness (QED) is 0.819. The van der Waals surface area contributed by atoms with Gasteiger partial charge in [0, 0.05) is 15.4 Å². The summed E-state index contributed by atoms with van der Waals surface area (Å²) in [6.07, 6.45) is 0. The Morgan fingerprint density at radius 2 is 2.12 bits per heavy atom. The molecule has 2 N–H and O–H groups in total. The third-order valence-corrected chi connectivity index (χ3v) is 3.41. The van der Waals surface area contributed by atoms with Crippen LogP contribution in [0, 0.1) is 0 Å². The van der Waals surface area contributed by atoms with Crippen LogP contribution in [0.4, 0.5) is 0 Å². The second kappa shape index (κ2) is 6.93. The fourth-order valence-corrected chi connectivity index (χ4v) is 2.02. The summed E-state index contributed by atoms with van der Waals surface area (Å²) in [7, 11) is 0. The summed E-state index contributed by atoms with van der Waals surface area (Å²) in [4.78, 5) is 12.5. The van der Waals surface area contributed by atoms with Crippen molar-refractivity contribution < 1.29 is 9.90 Å². The molecule has 1 aromatic carbocycles. The number of aliphatic hydroxyl groups is 1. The summed E-state index contributed by atoms with van der Waals surface area (Å²) in [6.45, 7) is 1.73. The van der Waals surface area contributed by atoms with Crippen molar-refractivity contribution in [3.63, 3.8) is 0 Å².